The first-order valence-electron chi connectivity index (χ1n) is 13.5. The molecule has 0 radical (unpaired) electrons. The molecule has 0 fully saturated rings. The Morgan fingerprint density at radius 2 is 1.68 bits per heavy atom. The number of hydrogen-bond acceptors (Lipinski definition) is 4. The van der Waals surface area contributed by atoms with Crippen LogP contribution >= 0.6 is 11.6 Å². The minimum Gasteiger partial charge on any atom is -0.477 e. The van der Waals surface area contributed by atoms with Gasteiger partial charge in [0, 0.05) is 28.7 Å². The number of benzene rings is 3. The van der Waals surface area contributed by atoms with E-state index >= 15 is 0 Å². The Labute approximate surface area is 241 Å². The normalized spacial score (nSPS) is 12.8. The van der Waals surface area contributed by atoms with Crippen molar-refractivity contribution in [3.63, 3.8) is 0 Å². The summed E-state index contributed by atoms with van der Waals surface area (Å²) in [6, 6.07) is 19.7. The third-order valence-corrected chi connectivity index (χ3v) is 7.80. The largest absolute Gasteiger partial charge is 0.477 e. The number of carbonyl (C=O) groups is 2. The predicted molar refractivity (Wildman–Crippen MR) is 160 cm³/mol. The van der Waals surface area contributed by atoms with E-state index in [1.807, 2.05) is 43.3 Å². The number of aromatic nitrogens is 1. The van der Waals surface area contributed by atoms with Gasteiger partial charge in [0.25, 0.3) is 5.91 Å². The third kappa shape index (κ3) is 6.18. The number of hydrogen-bond donors (Lipinski definition) is 1. The summed E-state index contributed by atoms with van der Waals surface area (Å²) in [4.78, 5) is 24.9. The van der Waals surface area contributed by atoms with Gasteiger partial charge in [-0.3, -0.25) is 4.79 Å². The van der Waals surface area contributed by atoms with Crippen molar-refractivity contribution < 1.29 is 19.1 Å². The van der Waals surface area contributed by atoms with Crippen molar-refractivity contribution in [3.8, 4) is 5.75 Å². The van der Waals surface area contributed by atoms with Crippen LogP contribution in [0.4, 0.5) is 0 Å². The summed E-state index contributed by atoms with van der Waals surface area (Å²) in [5.74, 6) is 0.290. The highest BCUT2D eigenvalue weighted by molar-refractivity contribution is 6.32. The molecule has 0 saturated heterocycles. The molecule has 4 rings (SSSR count). The zero-order valence-corrected chi connectivity index (χ0v) is 24.9. The van der Waals surface area contributed by atoms with E-state index in [9.17, 15) is 9.59 Å². The number of nitrogens with one attached hydrogen (secondary N) is 1. The Morgan fingerprint density at radius 1 is 0.950 bits per heavy atom. The first-order chi connectivity index (χ1) is 19.0. The van der Waals surface area contributed by atoms with Crippen molar-refractivity contribution in [2.45, 2.75) is 66.2 Å². The number of carbonyl (C=O) groups excluding carboxylic acids is 2. The average molecular weight is 561 g/mol. The summed E-state index contributed by atoms with van der Waals surface area (Å²) >= 11 is 6.49. The number of rotatable bonds is 9. The van der Waals surface area contributed by atoms with Crippen LogP contribution in [-0.4, -0.2) is 29.7 Å². The number of amides is 1. The fourth-order valence-corrected chi connectivity index (χ4v) is 5.12. The van der Waals surface area contributed by atoms with Crippen LogP contribution in [0, 0.1) is 13.8 Å². The molecule has 2 atom stereocenters. The lowest BCUT2D eigenvalue weighted by Crippen LogP contribution is -2.26. The van der Waals surface area contributed by atoms with Crippen molar-refractivity contribution in [1.29, 1.82) is 0 Å². The maximum absolute atomic E-state index is 13.2. The van der Waals surface area contributed by atoms with Crippen LogP contribution in [0.2, 0.25) is 5.02 Å². The predicted octanol–water partition coefficient (Wildman–Crippen LogP) is 7.51. The number of ether oxygens (including phenoxy) is 2. The van der Waals surface area contributed by atoms with E-state index in [0.717, 1.165) is 33.3 Å². The summed E-state index contributed by atoms with van der Waals surface area (Å²) in [7, 11) is 1.32. The average Bonchev–Trinajstić information content (AvgIpc) is 3.18. The van der Waals surface area contributed by atoms with Crippen LogP contribution in [0.15, 0.2) is 60.7 Å². The molecular formula is C33H37ClN2O4. The lowest BCUT2D eigenvalue weighted by molar-refractivity contribution is -0.147. The molecule has 210 valence electrons. The van der Waals surface area contributed by atoms with Crippen molar-refractivity contribution in [3.05, 3.63) is 99.2 Å². The van der Waals surface area contributed by atoms with Gasteiger partial charge in [0.15, 0.2) is 6.10 Å². The Bertz CT molecular complexity index is 1560. The maximum Gasteiger partial charge on any atom is 0.346 e. The summed E-state index contributed by atoms with van der Waals surface area (Å²) in [6.07, 6.45) is -0.758. The van der Waals surface area contributed by atoms with Crippen LogP contribution < -0.4 is 10.1 Å². The second-order valence-electron chi connectivity index (χ2n) is 10.6. The minimum absolute atomic E-state index is 0.0993. The molecule has 0 spiro atoms. The standard InChI is InChI=1S/C33H37ClN2O4/c1-19(2)25-9-8-10-26(16-25)21(4)35-32(37)27-12-13-30-28(17-27)20(3)22(5)36(30)18-24-11-14-31(29(34)15-24)40-23(6)33(38)39-7/h8-17,19,21,23H,18H2,1-7H3,(H,35,37)/t21-,23+/m0/s1. The van der Waals surface area contributed by atoms with Crippen molar-refractivity contribution >= 4 is 34.4 Å². The lowest BCUT2D eigenvalue weighted by atomic mass is 9.98. The SMILES string of the molecule is COC(=O)[C@@H](C)Oc1ccc(Cn2c(C)c(C)c3cc(C(=O)N[C@@H](C)c4cccc(C(C)C)c4)ccc32)cc1Cl. The second kappa shape index (κ2) is 12.2. The Kier molecular flexibility index (Phi) is 8.89. The topological polar surface area (TPSA) is 69.6 Å². The van der Waals surface area contributed by atoms with E-state index in [2.05, 4.69) is 55.8 Å². The zero-order valence-electron chi connectivity index (χ0n) is 24.2. The molecule has 0 bridgehead atoms. The number of esters is 1. The van der Waals surface area contributed by atoms with Crippen molar-refractivity contribution in [2.24, 2.45) is 0 Å². The van der Waals surface area contributed by atoms with Gasteiger partial charge in [-0.25, -0.2) is 4.79 Å². The van der Waals surface area contributed by atoms with E-state index in [-0.39, 0.29) is 11.9 Å². The van der Waals surface area contributed by atoms with Gasteiger partial charge in [-0.05, 0) is 86.2 Å². The smallest absolute Gasteiger partial charge is 0.346 e. The van der Waals surface area contributed by atoms with Crippen molar-refractivity contribution in [2.75, 3.05) is 7.11 Å². The minimum atomic E-state index is -0.758. The summed E-state index contributed by atoms with van der Waals surface area (Å²) in [5.41, 5.74) is 7.24. The summed E-state index contributed by atoms with van der Waals surface area (Å²) in [5, 5.41) is 4.62. The van der Waals surface area contributed by atoms with Gasteiger partial charge in [0.05, 0.1) is 18.2 Å². The van der Waals surface area contributed by atoms with Crippen LogP contribution in [0.25, 0.3) is 10.9 Å². The number of methoxy groups -OCH3 is 1. The molecule has 3 aromatic carbocycles. The van der Waals surface area contributed by atoms with E-state index < -0.39 is 12.1 Å². The number of nitrogens with zero attached hydrogens (tertiary/aromatic N) is 1. The molecule has 1 aromatic heterocycles. The van der Waals surface area contributed by atoms with E-state index in [1.165, 1.54) is 12.7 Å². The highest BCUT2D eigenvalue weighted by atomic mass is 35.5. The third-order valence-electron chi connectivity index (χ3n) is 7.50. The van der Waals surface area contributed by atoms with E-state index in [0.29, 0.717) is 28.8 Å². The van der Waals surface area contributed by atoms with Crippen LogP contribution in [-0.2, 0) is 16.1 Å². The fraction of sp³-hybridized carbons (Fsp3) is 0.333. The molecule has 6 nitrogen and oxygen atoms in total. The quantitative estimate of drug-likeness (QED) is 0.215. The number of aryl methyl sites for hydroxylation is 1. The first kappa shape index (κ1) is 29.2. The van der Waals surface area contributed by atoms with E-state index in [4.69, 9.17) is 21.1 Å². The molecule has 1 N–H and O–H groups in total. The Morgan fingerprint density at radius 3 is 2.35 bits per heavy atom. The van der Waals surface area contributed by atoms with Crippen LogP contribution in [0.5, 0.6) is 5.75 Å². The van der Waals surface area contributed by atoms with Gasteiger partial charge in [-0.2, -0.15) is 0 Å². The number of halogens is 1. The molecule has 1 amide bonds. The highest BCUT2D eigenvalue weighted by Gasteiger charge is 2.19. The van der Waals surface area contributed by atoms with Crippen LogP contribution in [0.3, 0.4) is 0 Å². The maximum atomic E-state index is 13.2. The molecule has 0 aliphatic heterocycles. The van der Waals surface area contributed by atoms with Gasteiger partial charge >= 0.3 is 5.97 Å². The second-order valence-corrected chi connectivity index (χ2v) is 11.0. The van der Waals surface area contributed by atoms with Crippen molar-refractivity contribution in [1.82, 2.24) is 9.88 Å². The first-order valence-corrected chi connectivity index (χ1v) is 13.9. The zero-order chi connectivity index (χ0) is 29.1. The van der Waals surface area contributed by atoms with Gasteiger partial charge in [0.2, 0.25) is 0 Å². The molecule has 0 unspecified atom stereocenters. The molecule has 4 aromatic rings. The lowest BCUT2D eigenvalue weighted by Gasteiger charge is -2.17. The van der Waals surface area contributed by atoms with Gasteiger partial charge in [0.1, 0.15) is 5.75 Å². The Balaban J connectivity index is 1.54. The molecule has 0 aliphatic rings. The van der Waals surface area contributed by atoms with Gasteiger partial charge in [-0.15, -0.1) is 0 Å². The fourth-order valence-electron chi connectivity index (χ4n) is 4.87. The molecule has 40 heavy (non-hydrogen) atoms. The summed E-state index contributed by atoms with van der Waals surface area (Å²) in [6.45, 7) is 12.7. The van der Waals surface area contributed by atoms with E-state index in [1.54, 1.807) is 13.0 Å². The Hall–Kier alpha value is -3.77. The van der Waals surface area contributed by atoms with Crippen LogP contribution in [0.1, 0.15) is 78.0 Å². The molecule has 1 heterocycles. The molecule has 0 aliphatic carbocycles. The molecule has 0 saturated carbocycles. The monoisotopic (exact) mass is 560 g/mol. The van der Waals surface area contributed by atoms with Gasteiger partial charge in [-0.1, -0.05) is 55.8 Å². The molecular weight excluding hydrogens is 524 g/mol. The highest BCUT2D eigenvalue weighted by Crippen LogP contribution is 2.31. The molecule has 7 heteroatoms. The van der Waals surface area contributed by atoms with Gasteiger partial charge < -0.3 is 19.4 Å². The number of fused-ring (bicyclic) bond motifs is 1. The summed E-state index contributed by atoms with van der Waals surface area (Å²) < 4.78 is 12.6.